The first kappa shape index (κ1) is 21.8. The summed E-state index contributed by atoms with van der Waals surface area (Å²) in [5, 5.41) is 4.11. The third-order valence-corrected chi connectivity index (χ3v) is 3.53. The minimum absolute atomic E-state index is 0.0597. The van der Waals surface area contributed by atoms with Gasteiger partial charge in [-0.15, -0.1) is 0 Å². The van der Waals surface area contributed by atoms with Gasteiger partial charge < -0.3 is 15.4 Å². The molecule has 0 spiro atoms. The van der Waals surface area contributed by atoms with Gasteiger partial charge in [0.05, 0.1) is 6.61 Å². The second-order valence-electron chi connectivity index (χ2n) is 6.83. The van der Waals surface area contributed by atoms with Crippen molar-refractivity contribution >= 4 is 11.8 Å². The highest BCUT2D eigenvalue weighted by atomic mass is 19.4. The summed E-state index contributed by atoms with van der Waals surface area (Å²) in [5.41, 5.74) is 1.26. The summed E-state index contributed by atoms with van der Waals surface area (Å²) in [6.45, 7) is 6.38. The number of nitrogens with one attached hydrogen (secondary N) is 2. The quantitative estimate of drug-likeness (QED) is 0.688. The van der Waals surface area contributed by atoms with E-state index in [2.05, 4.69) is 26.1 Å². The van der Waals surface area contributed by atoms with Crippen molar-refractivity contribution in [1.29, 1.82) is 0 Å². The maximum Gasteiger partial charge on any atom is 0.471 e. The van der Waals surface area contributed by atoms with Crippen LogP contribution in [-0.4, -0.2) is 37.7 Å². The van der Waals surface area contributed by atoms with Crippen LogP contribution in [-0.2, 0) is 15.0 Å². The Bertz CT molecular complexity index is 593. The second kappa shape index (κ2) is 9.45. The number of rotatable bonds is 8. The van der Waals surface area contributed by atoms with E-state index in [0.717, 1.165) is 0 Å². The van der Waals surface area contributed by atoms with Crippen molar-refractivity contribution in [2.75, 3.05) is 19.7 Å². The Morgan fingerprint density at radius 2 is 1.58 bits per heavy atom. The fourth-order valence-corrected chi connectivity index (χ4v) is 2.04. The summed E-state index contributed by atoms with van der Waals surface area (Å²) in [5.74, 6) is -1.61. The van der Waals surface area contributed by atoms with Gasteiger partial charge in [-0.1, -0.05) is 32.9 Å². The van der Waals surface area contributed by atoms with Gasteiger partial charge in [-0.2, -0.15) is 13.2 Å². The van der Waals surface area contributed by atoms with Crippen molar-refractivity contribution < 1.29 is 27.5 Å². The van der Waals surface area contributed by atoms with Crippen LogP contribution in [0.25, 0.3) is 0 Å². The van der Waals surface area contributed by atoms with E-state index in [1.54, 1.807) is 5.32 Å². The van der Waals surface area contributed by atoms with Crippen molar-refractivity contribution in [3.63, 3.8) is 0 Å². The Morgan fingerprint density at radius 1 is 1.00 bits per heavy atom. The molecule has 0 radical (unpaired) electrons. The average molecular weight is 374 g/mol. The molecule has 0 aromatic heterocycles. The second-order valence-corrected chi connectivity index (χ2v) is 6.83. The van der Waals surface area contributed by atoms with Gasteiger partial charge in [-0.3, -0.25) is 9.59 Å². The number of hydrogen-bond donors (Lipinski definition) is 2. The molecule has 0 saturated heterocycles. The third kappa shape index (κ3) is 8.22. The van der Waals surface area contributed by atoms with Crippen LogP contribution in [0, 0.1) is 0 Å². The number of ether oxygens (including phenoxy) is 1. The normalized spacial score (nSPS) is 11.8. The molecular formula is C18H25F3N2O3. The lowest BCUT2D eigenvalue weighted by Crippen LogP contribution is -2.41. The zero-order chi connectivity index (χ0) is 19.8. The molecule has 8 heteroatoms. The van der Waals surface area contributed by atoms with Gasteiger partial charge in [0.1, 0.15) is 5.75 Å². The summed E-state index contributed by atoms with van der Waals surface area (Å²) >= 11 is 0. The molecule has 1 aromatic carbocycles. The van der Waals surface area contributed by atoms with E-state index in [-0.39, 0.29) is 30.8 Å². The standard InChI is InChI=1S/C18H25F3N2O3/c1-17(2,3)13-6-8-14(9-7-13)26-12-4-5-15(24)22-10-11-23-16(25)18(19,20)21/h6-9H,4-5,10-12H2,1-3H3,(H,22,24)(H,23,25). The predicted octanol–water partition coefficient (Wildman–Crippen LogP) is 2.94. The van der Waals surface area contributed by atoms with Gasteiger partial charge in [0.25, 0.3) is 0 Å². The molecule has 2 amide bonds. The highest BCUT2D eigenvalue weighted by Gasteiger charge is 2.38. The van der Waals surface area contributed by atoms with E-state index in [9.17, 15) is 22.8 Å². The van der Waals surface area contributed by atoms with Crippen molar-refractivity contribution in [3.8, 4) is 5.75 Å². The molecule has 2 N–H and O–H groups in total. The molecule has 26 heavy (non-hydrogen) atoms. The van der Waals surface area contributed by atoms with Crippen molar-refractivity contribution in [2.45, 2.75) is 45.2 Å². The number of carbonyl (C=O) groups is 2. The van der Waals surface area contributed by atoms with Crippen molar-refractivity contribution in [3.05, 3.63) is 29.8 Å². The van der Waals surface area contributed by atoms with Crippen LogP contribution in [0.5, 0.6) is 5.75 Å². The Kier molecular flexibility index (Phi) is 7.92. The molecule has 0 aliphatic heterocycles. The number of hydrogen-bond acceptors (Lipinski definition) is 3. The molecule has 0 heterocycles. The van der Waals surface area contributed by atoms with Gasteiger partial charge in [0, 0.05) is 19.5 Å². The van der Waals surface area contributed by atoms with Crippen molar-refractivity contribution in [2.24, 2.45) is 0 Å². The molecule has 0 atom stereocenters. The van der Waals surface area contributed by atoms with Crippen LogP contribution in [0.2, 0.25) is 0 Å². The van der Waals surface area contributed by atoms with Crippen LogP contribution < -0.4 is 15.4 Å². The van der Waals surface area contributed by atoms with E-state index in [1.165, 1.54) is 5.56 Å². The molecule has 0 saturated carbocycles. The highest BCUT2D eigenvalue weighted by molar-refractivity contribution is 5.81. The fourth-order valence-electron chi connectivity index (χ4n) is 2.04. The first-order valence-electron chi connectivity index (χ1n) is 8.35. The zero-order valence-corrected chi connectivity index (χ0v) is 15.2. The third-order valence-electron chi connectivity index (χ3n) is 3.53. The number of amides is 2. The number of halogens is 3. The molecule has 0 unspecified atom stereocenters. The molecular weight excluding hydrogens is 349 g/mol. The highest BCUT2D eigenvalue weighted by Crippen LogP contribution is 2.24. The van der Waals surface area contributed by atoms with Crippen molar-refractivity contribution in [1.82, 2.24) is 10.6 Å². The lowest BCUT2D eigenvalue weighted by molar-refractivity contribution is -0.173. The minimum atomic E-state index is -4.91. The lowest BCUT2D eigenvalue weighted by atomic mass is 9.87. The van der Waals surface area contributed by atoms with Gasteiger partial charge in [0.15, 0.2) is 0 Å². The van der Waals surface area contributed by atoms with Crippen LogP contribution in [0.1, 0.15) is 39.2 Å². The van der Waals surface area contributed by atoms with Crippen LogP contribution in [0.4, 0.5) is 13.2 Å². The van der Waals surface area contributed by atoms with E-state index < -0.39 is 12.1 Å². The molecule has 0 aliphatic carbocycles. The van der Waals surface area contributed by atoms with Gasteiger partial charge in [-0.25, -0.2) is 0 Å². The lowest BCUT2D eigenvalue weighted by Gasteiger charge is -2.19. The molecule has 0 aliphatic rings. The van der Waals surface area contributed by atoms with Gasteiger partial charge >= 0.3 is 12.1 Å². The summed E-state index contributed by atoms with van der Waals surface area (Å²) in [4.78, 5) is 22.1. The predicted molar refractivity (Wildman–Crippen MR) is 91.9 cm³/mol. The Hall–Kier alpha value is -2.25. The topological polar surface area (TPSA) is 67.4 Å². The molecule has 5 nitrogen and oxygen atoms in total. The van der Waals surface area contributed by atoms with Gasteiger partial charge in [-0.05, 0) is 29.5 Å². The van der Waals surface area contributed by atoms with E-state index >= 15 is 0 Å². The van der Waals surface area contributed by atoms with E-state index in [1.807, 2.05) is 24.3 Å². The SMILES string of the molecule is CC(C)(C)c1ccc(OCCCC(=O)NCCNC(=O)C(F)(F)F)cc1. The largest absolute Gasteiger partial charge is 0.494 e. The number of alkyl halides is 3. The smallest absolute Gasteiger partial charge is 0.471 e. The van der Waals surface area contributed by atoms with E-state index in [4.69, 9.17) is 4.74 Å². The molecule has 0 bridgehead atoms. The zero-order valence-electron chi connectivity index (χ0n) is 15.2. The average Bonchev–Trinajstić information content (AvgIpc) is 2.54. The summed E-state index contributed by atoms with van der Waals surface area (Å²) in [7, 11) is 0. The summed E-state index contributed by atoms with van der Waals surface area (Å²) in [6.07, 6.45) is -4.25. The maximum atomic E-state index is 11.9. The molecule has 146 valence electrons. The Morgan fingerprint density at radius 3 is 2.12 bits per heavy atom. The van der Waals surface area contributed by atoms with E-state index in [0.29, 0.717) is 18.8 Å². The number of benzene rings is 1. The fraction of sp³-hybridized carbons (Fsp3) is 0.556. The Labute approximate surface area is 151 Å². The maximum absolute atomic E-state index is 11.9. The summed E-state index contributed by atoms with van der Waals surface area (Å²) < 4.78 is 41.4. The number of carbonyl (C=O) groups excluding carboxylic acids is 2. The first-order valence-corrected chi connectivity index (χ1v) is 8.35. The Balaban J connectivity index is 2.16. The van der Waals surface area contributed by atoms with Gasteiger partial charge in [0.2, 0.25) is 5.91 Å². The first-order chi connectivity index (χ1) is 12.0. The summed E-state index contributed by atoms with van der Waals surface area (Å²) in [6, 6.07) is 7.75. The molecule has 1 rings (SSSR count). The van der Waals surface area contributed by atoms with Crippen LogP contribution >= 0.6 is 0 Å². The molecule has 0 fully saturated rings. The monoisotopic (exact) mass is 374 g/mol. The van der Waals surface area contributed by atoms with Crippen LogP contribution in [0.3, 0.4) is 0 Å². The molecule has 1 aromatic rings. The minimum Gasteiger partial charge on any atom is -0.494 e. The van der Waals surface area contributed by atoms with Crippen LogP contribution in [0.15, 0.2) is 24.3 Å².